The molecule has 1 aliphatic rings. The molecule has 3 aromatic rings. The first-order chi connectivity index (χ1) is 15.6. The third kappa shape index (κ3) is 4.61. The Bertz CT molecular complexity index is 1100. The van der Waals surface area contributed by atoms with Gasteiger partial charge in [0.2, 0.25) is 5.91 Å². The van der Waals surface area contributed by atoms with Gasteiger partial charge in [-0.3, -0.25) is 9.36 Å². The molecule has 1 saturated heterocycles. The molecular formula is C23H26N6O3. The van der Waals surface area contributed by atoms with Crippen LogP contribution in [0.25, 0.3) is 5.82 Å². The quantitative estimate of drug-likeness (QED) is 0.595. The Hall–Kier alpha value is -3.75. The predicted molar refractivity (Wildman–Crippen MR) is 120 cm³/mol. The van der Waals surface area contributed by atoms with E-state index in [0.29, 0.717) is 37.2 Å². The zero-order valence-electron chi connectivity index (χ0n) is 18.2. The number of benzene rings is 1. The maximum Gasteiger partial charge on any atom is 0.340 e. The smallest absolute Gasteiger partial charge is 0.340 e. The molecule has 0 unspecified atom stereocenters. The van der Waals surface area contributed by atoms with Crippen LogP contribution in [0.4, 0.5) is 11.5 Å². The van der Waals surface area contributed by atoms with Crippen LogP contribution in [0.5, 0.6) is 0 Å². The Labute approximate surface area is 186 Å². The van der Waals surface area contributed by atoms with E-state index in [2.05, 4.69) is 25.2 Å². The van der Waals surface area contributed by atoms with Gasteiger partial charge in [-0.2, -0.15) is 0 Å². The van der Waals surface area contributed by atoms with Gasteiger partial charge in [0.25, 0.3) is 0 Å². The molecule has 9 nitrogen and oxygen atoms in total. The van der Waals surface area contributed by atoms with Gasteiger partial charge in [0.15, 0.2) is 0 Å². The summed E-state index contributed by atoms with van der Waals surface area (Å²) >= 11 is 0. The van der Waals surface area contributed by atoms with Gasteiger partial charge in [-0.15, -0.1) is 0 Å². The number of nitrogens with zero attached hydrogens (tertiary/aromatic N) is 5. The van der Waals surface area contributed by atoms with Crippen LogP contribution in [0.15, 0.2) is 49.1 Å². The number of imidazole rings is 1. The van der Waals surface area contributed by atoms with Crippen LogP contribution in [0.2, 0.25) is 0 Å². The Kier molecular flexibility index (Phi) is 6.44. The Balaban J connectivity index is 1.39. The van der Waals surface area contributed by atoms with Crippen LogP contribution in [0, 0.1) is 12.8 Å². The maximum atomic E-state index is 12.9. The second kappa shape index (κ2) is 9.59. The first-order valence-corrected chi connectivity index (χ1v) is 10.7. The van der Waals surface area contributed by atoms with E-state index in [9.17, 15) is 9.59 Å². The summed E-state index contributed by atoms with van der Waals surface area (Å²) in [6.07, 6.45) is 6.54. The lowest BCUT2D eigenvalue weighted by Gasteiger charge is -2.32. The molecule has 0 aliphatic carbocycles. The standard InChI is InChI=1S/C23H26N6O3/c1-3-32-23(31)18-6-4-5-7-19(18)27-22(30)17-8-11-28(12-9-17)20-14-21(26-15-25-20)29-13-10-24-16(29)2/h4-7,10,13-15,17H,3,8-9,11-12H2,1-2H3,(H,27,30). The number of amides is 1. The molecule has 0 saturated carbocycles. The second-order valence-electron chi connectivity index (χ2n) is 7.60. The summed E-state index contributed by atoms with van der Waals surface area (Å²) in [5.74, 6) is 1.78. The summed E-state index contributed by atoms with van der Waals surface area (Å²) in [6.45, 7) is 5.37. The number of nitrogens with one attached hydrogen (secondary N) is 1. The minimum Gasteiger partial charge on any atom is -0.462 e. The van der Waals surface area contributed by atoms with Crippen LogP contribution < -0.4 is 10.2 Å². The fourth-order valence-corrected chi connectivity index (χ4v) is 3.85. The van der Waals surface area contributed by atoms with Gasteiger partial charge in [-0.25, -0.2) is 19.7 Å². The van der Waals surface area contributed by atoms with E-state index in [1.165, 1.54) is 0 Å². The minimum absolute atomic E-state index is 0.0844. The van der Waals surface area contributed by atoms with Gasteiger partial charge in [0, 0.05) is 37.5 Å². The highest BCUT2D eigenvalue weighted by Crippen LogP contribution is 2.25. The Morgan fingerprint density at radius 1 is 1.12 bits per heavy atom. The monoisotopic (exact) mass is 434 g/mol. The summed E-state index contributed by atoms with van der Waals surface area (Å²) in [5, 5.41) is 2.91. The molecule has 0 spiro atoms. The van der Waals surface area contributed by atoms with Crippen LogP contribution in [0.1, 0.15) is 35.9 Å². The van der Waals surface area contributed by atoms with Crippen LogP contribution in [0.3, 0.4) is 0 Å². The first-order valence-electron chi connectivity index (χ1n) is 10.7. The normalized spacial score (nSPS) is 14.2. The summed E-state index contributed by atoms with van der Waals surface area (Å²) in [7, 11) is 0. The lowest BCUT2D eigenvalue weighted by Crippen LogP contribution is -2.38. The number of piperidine rings is 1. The number of para-hydroxylation sites is 1. The fraction of sp³-hybridized carbons (Fsp3) is 0.348. The zero-order chi connectivity index (χ0) is 22.5. The molecule has 0 bridgehead atoms. The topological polar surface area (TPSA) is 102 Å². The number of ether oxygens (including phenoxy) is 1. The first kappa shape index (κ1) is 21.5. The van der Waals surface area contributed by atoms with Crippen molar-refractivity contribution in [2.45, 2.75) is 26.7 Å². The van der Waals surface area contributed by atoms with Crippen molar-refractivity contribution < 1.29 is 14.3 Å². The van der Waals surface area contributed by atoms with Crippen molar-refractivity contribution in [3.8, 4) is 5.82 Å². The second-order valence-corrected chi connectivity index (χ2v) is 7.60. The van der Waals surface area contributed by atoms with Gasteiger partial charge in [-0.05, 0) is 38.8 Å². The molecule has 0 atom stereocenters. The average Bonchev–Trinajstić information content (AvgIpc) is 3.25. The van der Waals surface area contributed by atoms with Crippen molar-refractivity contribution in [2.24, 2.45) is 5.92 Å². The molecular weight excluding hydrogens is 408 g/mol. The van der Waals surface area contributed by atoms with Crippen molar-refractivity contribution in [1.29, 1.82) is 0 Å². The van der Waals surface area contributed by atoms with Crippen molar-refractivity contribution in [3.05, 3.63) is 60.4 Å². The lowest BCUT2D eigenvalue weighted by molar-refractivity contribution is -0.120. The Morgan fingerprint density at radius 2 is 1.88 bits per heavy atom. The number of carbonyl (C=O) groups is 2. The fourth-order valence-electron chi connectivity index (χ4n) is 3.85. The van der Waals surface area contributed by atoms with Gasteiger partial charge < -0.3 is 15.0 Å². The molecule has 1 N–H and O–H groups in total. The summed E-state index contributed by atoms with van der Waals surface area (Å²) in [6, 6.07) is 8.85. The molecule has 1 aromatic carbocycles. The number of hydrogen-bond donors (Lipinski definition) is 1. The van der Waals surface area contributed by atoms with E-state index in [-0.39, 0.29) is 18.4 Å². The molecule has 32 heavy (non-hydrogen) atoms. The van der Waals surface area contributed by atoms with E-state index in [1.54, 1.807) is 43.7 Å². The van der Waals surface area contributed by atoms with Crippen molar-refractivity contribution >= 4 is 23.4 Å². The predicted octanol–water partition coefficient (Wildman–Crippen LogP) is 3.00. The minimum atomic E-state index is -0.439. The molecule has 3 heterocycles. The van der Waals surface area contributed by atoms with Crippen LogP contribution in [-0.4, -0.2) is 51.1 Å². The molecule has 1 aliphatic heterocycles. The van der Waals surface area contributed by atoms with E-state index in [0.717, 1.165) is 17.5 Å². The number of esters is 1. The van der Waals surface area contributed by atoms with E-state index in [1.807, 2.05) is 23.8 Å². The molecule has 1 fully saturated rings. The average molecular weight is 435 g/mol. The van der Waals surface area contributed by atoms with Crippen LogP contribution >= 0.6 is 0 Å². The molecule has 2 aromatic heterocycles. The SMILES string of the molecule is CCOC(=O)c1ccccc1NC(=O)C1CCN(c2cc(-n3ccnc3C)ncn2)CC1. The summed E-state index contributed by atoms with van der Waals surface area (Å²) in [5.41, 5.74) is 0.845. The maximum absolute atomic E-state index is 12.9. The van der Waals surface area contributed by atoms with Crippen molar-refractivity contribution in [1.82, 2.24) is 19.5 Å². The third-order valence-electron chi connectivity index (χ3n) is 5.58. The lowest BCUT2D eigenvalue weighted by atomic mass is 9.95. The number of aryl methyl sites for hydroxylation is 1. The highest BCUT2D eigenvalue weighted by atomic mass is 16.5. The largest absolute Gasteiger partial charge is 0.462 e. The van der Waals surface area contributed by atoms with Crippen LogP contribution in [-0.2, 0) is 9.53 Å². The summed E-state index contributed by atoms with van der Waals surface area (Å²) < 4.78 is 7.00. The molecule has 0 radical (unpaired) electrons. The van der Waals surface area contributed by atoms with Gasteiger partial charge in [0.1, 0.15) is 23.8 Å². The number of rotatable bonds is 6. The number of hydrogen-bond acceptors (Lipinski definition) is 7. The number of aromatic nitrogens is 4. The number of carbonyl (C=O) groups excluding carboxylic acids is 2. The van der Waals surface area contributed by atoms with E-state index < -0.39 is 5.97 Å². The molecule has 9 heteroatoms. The van der Waals surface area contributed by atoms with E-state index >= 15 is 0 Å². The highest BCUT2D eigenvalue weighted by Gasteiger charge is 2.27. The number of anilines is 2. The van der Waals surface area contributed by atoms with Crippen molar-refractivity contribution in [3.63, 3.8) is 0 Å². The third-order valence-corrected chi connectivity index (χ3v) is 5.58. The molecule has 166 valence electrons. The summed E-state index contributed by atoms with van der Waals surface area (Å²) in [4.78, 5) is 40.2. The molecule has 1 amide bonds. The van der Waals surface area contributed by atoms with Gasteiger partial charge >= 0.3 is 5.97 Å². The molecule has 4 rings (SSSR count). The van der Waals surface area contributed by atoms with Gasteiger partial charge in [0.05, 0.1) is 17.9 Å². The highest BCUT2D eigenvalue weighted by molar-refractivity contribution is 6.01. The van der Waals surface area contributed by atoms with Crippen molar-refractivity contribution in [2.75, 3.05) is 29.9 Å². The van der Waals surface area contributed by atoms with E-state index in [4.69, 9.17) is 4.74 Å². The van der Waals surface area contributed by atoms with Gasteiger partial charge in [-0.1, -0.05) is 12.1 Å². The Morgan fingerprint density at radius 3 is 2.59 bits per heavy atom. The zero-order valence-corrected chi connectivity index (χ0v) is 18.2.